The zero-order valence-electron chi connectivity index (χ0n) is 20.8. The van der Waals surface area contributed by atoms with Crippen molar-refractivity contribution in [3.05, 3.63) is 59.7 Å². The van der Waals surface area contributed by atoms with E-state index in [1.54, 1.807) is 18.2 Å². The highest BCUT2D eigenvalue weighted by Crippen LogP contribution is 2.54. The van der Waals surface area contributed by atoms with Crippen molar-refractivity contribution >= 4 is 23.5 Å². The number of nitrogens with zero attached hydrogens (tertiary/aromatic N) is 5. The monoisotopic (exact) mass is 549 g/mol. The molecule has 0 spiro atoms. The average molecular weight is 550 g/mol. The van der Waals surface area contributed by atoms with Gasteiger partial charge in [0.05, 0.1) is 18.9 Å². The van der Waals surface area contributed by atoms with Crippen LogP contribution in [0.1, 0.15) is 11.5 Å². The van der Waals surface area contributed by atoms with Crippen LogP contribution in [0.2, 0.25) is 0 Å². The Labute approximate surface area is 221 Å². The van der Waals surface area contributed by atoms with Gasteiger partial charge in [-0.05, 0) is 12.1 Å². The standard InChI is InChI=1S/C25H27F4N7O3/c26-24(25(27,28)29)18(16-14-32-23(33-15-16)35-8-6-31-7-9-35)22(38)36(17-4-2-1-3-5-17)21(19(24)20(30)37)34-10-12-39-13-11-34/h1-5,14-15,18,31H,6-13H2,(H2,30,37). The van der Waals surface area contributed by atoms with E-state index in [1.807, 2.05) is 4.90 Å². The van der Waals surface area contributed by atoms with E-state index in [0.29, 0.717) is 26.2 Å². The summed E-state index contributed by atoms with van der Waals surface area (Å²) in [5, 5.41) is 3.17. The number of carbonyl (C=O) groups is 2. The molecule has 3 aliphatic rings. The third-order valence-electron chi connectivity index (χ3n) is 7.04. The molecule has 0 aliphatic carbocycles. The number of primary amides is 1. The number of ether oxygens (including phenoxy) is 1. The fraction of sp³-hybridized carbons (Fsp3) is 0.440. The van der Waals surface area contributed by atoms with E-state index in [1.165, 1.54) is 17.0 Å². The van der Waals surface area contributed by atoms with Gasteiger partial charge in [0.15, 0.2) is 0 Å². The van der Waals surface area contributed by atoms with E-state index >= 15 is 4.39 Å². The number of nitrogens with two attached hydrogens (primary N) is 1. The van der Waals surface area contributed by atoms with Gasteiger partial charge in [-0.1, -0.05) is 18.2 Å². The molecule has 10 nitrogen and oxygen atoms in total. The van der Waals surface area contributed by atoms with Crippen LogP contribution in [0, 0.1) is 0 Å². The minimum atomic E-state index is -5.69. The second kappa shape index (κ2) is 10.4. The number of anilines is 2. The topological polar surface area (TPSA) is 117 Å². The van der Waals surface area contributed by atoms with Crippen molar-refractivity contribution < 1.29 is 31.9 Å². The SMILES string of the molecule is NC(=O)C1=C(N2CCOCC2)N(c2ccccc2)C(=O)C(c2cnc(N3CCNCC3)nc2)C1(F)C(F)(F)F. The Morgan fingerprint density at radius 3 is 2.21 bits per heavy atom. The quantitative estimate of drug-likeness (QED) is 0.537. The van der Waals surface area contributed by atoms with Crippen molar-refractivity contribution in [1.29, 1.82) is 0 Å². The zero-order valence-corrected chi connectivity index (χ0v) is 20.8. The Bertz CT molecular complexity index is 1250. The normalized spacial score (nSPS) is 24.8. The molecular weight excluding hydrogens is 522 g/mol. The lowest BCUT2D eigenvalue weighted by molar-refractivity contribution is -0.225. The summed E-state index contributed by atoms with van der Waals surface area (Å²) in [5.74, 6) is -5.70. The zero-order chi connectivity index (χ0) is 27.8. The Kier molecular flexibility index (Phi) is 7.16. The van der Waals surface area contributed by atoms with Crippen LogP contribution < -0.4 is 20.9 Å². The number of halogens is 4. The van der Waals surface area contributed by atoms with Crippen LogP contribution in [0.4, 0.5) is 29.2 Å². The predicted octanol–water partition coefficient (Wildman–Crippen LogP) is 1.32. The minimum absolute atomic E-state index is 0.0177. The number of rotatable bonds is 5. The number of piperazine rings is 1. The largest absolute Gasteiger partial charge is 0.428 e. The van der Waals surface area contributed by atoms with Crippen molar-refractivity contribution in [1.82, 2.24) is 20.2 Å². The first-order chi connectivity index (χ1) is 18.6. The van der Waals surface area contributed by atoms with Gasteiger partial charge in [0.1, 0.15) is 17.3 Å². The van der Waals surface area contributed by atoms with Gasteiger partial charge in [-0.15, -0.1) is 0 Å². The molecule has 39 heavy (non-hydrogen) atoms. The lowest BCUT2D eigenvalue weighted by Crippen LogP contribution is -2.63. The van der Waals surface area contributed by atoms with Gasteiger partial charge in [-0.3, -0.25) is 14.5 Å². The first-order valence-corrected chi connectivity index (χ1v) is 12.4. The van der Waals surface area contributed by atoms with E-state index in [9.17, 15) is 22.8 Å². The van der Waals surface area contributed by atoms with Crippen molar-refractivity contribution in [2.75, 3.05) is 62.3 Å². The van der Waals surface area contributed by atoms with Crippen LogP contribution >= 0.6 is 0 Å². The van der Waals surface area contributed by atoms with Gasteiger partial charge in [0.2, 0.25) is 11.9 Å². The number of morpholine rings is 1. The molecule has 1 aromatic carbocycles. The number of nitrogens with one attached hydrogen (secondary N) is 1. The summed E-state index contributed by atoms with van der Waals surface area (Å²) in [5.41, 5.74) is -0.575. The highest BCUT2D eigenvalue weighted by molar-refractivity contribution is 6.09. The summed E-state index contributed by atoms with van der Waals surface area (Å²) >= 11 is 0. The number of benzene rings is 1. The molecule has 2 fully saturated rings. The minimum Gasteiger partial charge on any atom is -0.378 e. The Balaban J connectivity index is 1.72. The molecule has 0 radical (unpaired) electrons. The number of amides is 2. The summed E-state index contributed by atoms with van der Waals surface area (Å²) in [4.78, 5) is 39.2. The Morgan fingerprint density at radius 2 is 1.64 bits per heavy atom. The molecule has 2 aromatic rings. The highest BCUT2D eigenvalue weighted by Gasteiger charge is 2.71. The van der Waals surface area contributed by atoms with E-state index in [-0.39, 0.29) is 37.9 Å². The summed E-state index contributed by atoms with van der Waals surface area (Å²) < 4.78 is 66.6. The lowest BCUT2D eigenvalue weighted by Gasteiger charge is -2.47. The molecule has 2 unspecified atom stereocenters. The molecule has 2 amide bonds. The average Bonchev–Trinajstić information content (AvgIpc) is 2.93. The molecule has 0 saturated carbocycles. The number of hydrogen-bond acceptors (Lipinski definition) is 8. The second-order valence-electron chi connectivity index (χ2n) is 9.37. The third-order valence-corrected chi connectivity index (χ3v) is 7.04. The summed E-state index contributed by atoms with van der Waals surface area (Å²) in [6.45, 7) is 2.69. The lowest BCUT2D eigenvalue weighted by atomic mass is 9.74. The molecule has 5 rings (SSSR count). The van der Waals surface area contributed by atoms with Crippen LogP contribution in [-0.2, 0) is 14.3 Å². The third kappa shape index (κ3) is 4.67. The molecule has 2 atom stereocenters. The van der Waals surface area contributed by atoms with Gasteiger partial charge < -0.3 is 25.6 Å². The number of carbonyl (C=O) groups excluding carboxylic acids is 2. The molecule has 2 saturated heterocycles. The van der Waals surface area contributed by atoms with E-state index in [2.05, 4.69) is 15.3 Å². The smallest absolute Gasteiger partial charge is 0.378 e. The molecule has 3 N–H and O–H groups in total. The van der Waals surface area contributed by atoms with Crippen LogP contribution in [0.25, 0.3) is 0 Å². The first kappa shape index (κ1) is 26.8. The van der Waals surface area contributed by atoms with Crippen molar-refractivity contribution in [2.45, 2.75) is 17.8 Å². The van der Waals surface area contributed by atoms with Crippen molar-refractivity contribution in [3.63, 3.8) is 0 Å². The number of aromatic nitrogens is 2. The number of hydrogen-bond donors (Lipinski definition) is 2. The number of para-hydroxylation sites is 1. The van der Waals surface area contributed by atoms with Gasteiger partial charge in [-0.2, -0.15) is 13.2 Å². The fourth-order valence-electron chi connectivity index (χ4n) is 5.20. The van der Waals surface area contributed by atoms with E-state index in [4.69, 9.17) is 10.5 Å². The summed E-state index contributed by atoms with van der Waals surface area (Å²) in [6, 6.07) is 7.77. The molecule has 3 aliphatic heterocycles. The Hall–Kier alpha value is -3.78. The van der Waals surface area contributed by atoms with Gasteiger partial charge in [0.25, 0.3) is 11.6 Å². The number of alkyl halides is 4. The van der Waals surface area contributed by atoms with E-state index in [0.717, 1.165) is 17.3 Å². The summed E-state index contributed by atoms with van der Waals surface area (Å²) in [7, 11) is 0. The van der Waals surface area contributed by atoms with Crippen LogP contribution in [0.5, 0.6) is 0 Å². The van der Waals surface area contributed by atoms with Crippen LogP contribution in [0.3, 0.4) is 0 Å². The van der Waals surface area contributed by atoms with Crippen LogP contribution in [0.15, 0.2) is 54.1 Å². The summed E-state index contributed by atoms with van der Waals surface area (Å²) in [6.07, 6.45) is -3.67. The maximum atomic E-state index is 16.9. The van der Waals surface area contributed by atoms with Gasteiger partial charge in [-0.25, -0.2) is 14.4 Å². The maximum absolute atomic E-state index is 16.9. The van der Waals surface area contributed by atoms with Crippen LogP contribution in [-0.4, -0.2) is 91.0 Å². The van der Waals surface area contributed by atoms with Gasteiger partial charge in [0, 0.05) is 57.2 Å². The van der Waals surface area contributed by atoms with E-state index < -0.39 is 46.5 Å². The molecule has 0 bridgehead atoms. The molecular formula is C25H27F4N7O3. The molecule has 14 heteroatoms. The second-order valence-corrected chi connectivity index (χ2v) is 9.37. The highest BCUT2D eigenvalue weighted by atomic mass is 19.4. The molecule has 1 aromatic heterocycles. The first-order valence-electron chi connectivity index (χ1n) is 12.4. The van der Waals surface area contributed by atoms with Crippen molar-refractivity contribution in [3.8, 4) is 0 Å². The fourth-order valence-corrected chi connectivity index (χ4v) is 5.20. The van der Waals surface area contributed by atoms with Crippen molar-refractivity contribution in [2.24, 2.45) is 5.73 Å². The molecule has 4 heterocycles. The predicted molar refractivity (Wildman–Crippen MR) is 132 cm³/mol. The maximum Gasteiger partial charge on any atom is 0.428 e. The molecule has 208 valence electrons. The van der Waals surface area contributed by atoms with Gasteiger partial charge >= 0.3 is 6.18 Å². The Morgan fingerprint density at radius 1 is 1.03 bits per heavy atom.